The molecule has 0 saturated heterocycles. The molecule has 0 fully saturated rings. The minimum Gasteiger partial charge on any atom is -0.349 e. The molecule has 1 heterocycles. The molecule has 0 aliphatic heterocycles. The summed E-state index contributed by atoms with van der Waals surface area (Å²) in [5.41, 5.74) is 2.45. The largest absolute Gasteiger partial charge is 0.349 e. The lowest BCUT2D eigenvalue weighted by Crippen LogP contribution is -2.37. The summed E-state index contributed by atoms with van der Waals surface area (Å²) in [5, 5.41) is 7.13. The predicted molar refractivity (Wildman–Crippen MR) is 82.6 cm³/mol. The van der Waals surface area contributed by atoms with E-state index in [2.05, 4.69) is 10.4 Å². The van der Waals surface area contributed by atoms with Crippen molar-refractivity contribution in [2.24, 2.45) is 7.05 Å². The Morgan fingerprint density at radius 1 is 1.41 bits per heavy atom. The van der Waals surface area contributed by atoms with Crippen molar-refractivity contribution in [3.63, 3.8) is 0 Å². The molecule has 0 bridgehead atoms. The number of nitrogens with one attached hydrogen (secondary N) is 1. The summed E-state index contributed by atoms with van der Waals surface area (Å²) in [6, 6.07) is 7.50. The second kappa shape index (κ2) is 6.70. The van der Waals surface area contributed by atoms with E-state index in [0.29, 0.717) is 12.1 Å². The normalized spacial score (nSPS) is 12.5. The van der Waals surface area contributed by atoms with Crippen LogP contribution in [0.15, 0.2) is 30.3 Å². The van der Waals surface area contributed by atoms with Gasteiger partial charge in [-0.2, -0.15) is 5.10 Å². The van der Waals surface area contributed by atoms with Crippen molar-refractivity contribution in [1.82, 2.24) is 20.0 Å². The monoisotopic (exact) mass is 304 g/mol. The summed E-state index contributed by atoms with van der Waals surface area (Å²) in [4.78, 5) is 14.2. The number of hydrogen-bond donors (Lipinski definition) is 1. The third kappa shape index (κ3) is 3.71. The summed E-state index contributed by atoms with van der Waals surface area (Å²) < 4.78 is 15.1. The molecule has 1 unspecified atom stereocenters. The van der Waals surface area contributed by atoms with Gasteiger partial charge in [0.25, 0.3) is 0 Å². The van der Waals surface area contributed by atoms with Crippen molar-refractivity contribution in [3.8, 4) is 0 Å². The maximum Gasteiger partial charge on any atom is 0.242 e. The van der Waals surface area contributed by atoms with Crippen molar-refractivity contribution in [2.75, 3.05) is 14.1 Å². The summed E-state index contributed by atoms with van der Waals surface area (Å²) in [6.07, 6.45) is 0. The van der Waals surface area contributed by atoms with Gasteiger partial charge < -0.3 is 5.32 Å². The average Bonchev–Trinajstić information content (AvgIpc) is 2.74. The zero-order valence-electron chi connectivity index (χ0n) is 13.3. The minimum atomic E-state index is -0.537. The number of rotatable bonds is 5. The fourth-order valence-corrected chi connectivity index (χ4v) is 2.46. The Kier molecular flexibility index (Phi) is 4.92. The first-order chi connectivity index (χ1) is 10.4. The molecule has 2 rings (SSSR count). The maximum atomic E-state index is 13.4. The first-order valence-corrected chi connectivity index (χ1v) is 7.07. The highest BCUT2D eigenvalue weighted by Gasteiger charge is 2.23. The second-order valence-electron chi connectivity index (χ2n) is 5.54. The van der Waals surface area contributed by atoms with E-state index in [4.69, 9.17) is 0 Å². The van der Waals surface area contributed by atoms with Gasteiger partial charge in [-0.15, -0.1) is 0 Å². The average molecular weight is 304 g/mol. The maximum absolute atomic E-state index is 13.4. The number of halogens is 1. The number of amides is 1. The van der Waals surface area contributed by atoms with Crippen molar-refractivity contribution in [1.29, 1.82) is 0 Å². The molecule has 0 aliphatic rings. The number of carbonyl (C=O) groups is 1. The standard InChI is InChI=1S/C16H21FN4O/c1-11-8-14(21(4)19-11)10-18-16(22)15(20(2)3)12-6-5-7-13(17)9-12/h5-9,15H,10H2,1-4H3,(H,18,22). The Balaban J connectivity index is 2.12. The van der Waals surface area contributed by atoms with Gasteiger partial charge in [-0.3, -0.25) is 14.4 Å². The molecule has 1 N–H and O–H groups in total. The fraction of sp³-hybridized carbons (Fsp3) is 0.375. The summed E-state index contributed by atoms with van der Waals surface area (Å²) >= 11 is 0. The molecule has 1 amide bonds. The van der Waals surface area contributed by atoms with Crippen LogP contribution in [0.5, 0.6) is 0 Å². The highest BCUT2D eigenvalue weighted by atomic mass is 19.1. The van der Waals surface area contributed by atoms with Crippen molar-refractivity contribution >= 4 is 5.91 Å². The molecule has 2 aromatic rings. The number of likely N-dealkylation sites (N-methyl/N-ethyl adjacent to an activating group) is 1. The van der Waals surface area contributed by atoms with E-state index in [1.54, 1.807) is 35.8 Å². The van der Waals surface area contributed by atoms with Gasteiger partial charge in [0, 0.05) is 7.05 Å². The van der Waals surface area contributed by atoms with Gasteiger partial charge in [0.2, 0.25) is 5.91 Å². The lowest BCUT2D eigenvalue weighted by atomic mass is 10.1. The molecule has 5 nitrogen and oxygen atoms in total. The third-order valence-corrected chi connectivity index (χ3v) is 3.47. The molecule has 1 aromatic carbocycles. The Labute approximate surface area is 129 Å². The lowest BCUT2D eigenvalue weighted by Gasteiger charge is -2.23. The third-order valence-electron chi connectivity index (χ3n) is 3.47. The van der Waals surface area contributed by atoms with Crippen molar-refractivity contribution in [2.45, 2.75) is 19.5 Å². The fourth-order valence-electron chi connectivity index (χ4n) is 2.46. The smallest absolute Gasteiger partial charge is 0.242 e. The van der Waals surface area contributed by atoms with Crippen LogP contribution in [-0.2, 0) is 18.4 Å². The lowest BCUT2D eigenvalue weighted by molar-refractivity contribution is -0.126. The highest BCUT2D eigenvalue weighted by molar-refractivity contribution is 5.83. The first kappa shape index (κ1) is 16.2. The van der Waals surface area contributed by atoms with E-state index >= 15 is 0 Å². The van der Waals surface area contributed by atoms with Gasteiger partial charge in [-0.05, 0) is 44.8 Å². The highest BCUT2D eigenvalue weighted by Crippen LogP contribution is 2.19. The number of aromatic nitrogens is 2. The number of hydrogen-bond acceptors (Lipinski definition) is 3. The summed E-state index contributed by atoms with van der Waals surface area (Å²) in [5.74, 6) is -0.520. The van der Waals surface area contributed by atoms with E-state index in [1.807, 2.05) is 20.0 Å². The molecule has 22 heavy (non-hydrogen) atoms. The number of benzene rings is 1. The van der Waals surface area contributed by atoms with Crippen LogP contribution >= 0.6 is 0 Å². The Morgan fingerprint density at radius 3 is 2.68 bits per heavy atom. The van der Waals surface area contributed by atoms with Gasteiger partial charge >= 0.3 is 0 Å². The van der Waals surface area contributed by atoms with Crippen LogP contribution in [0.4, 0.5) is 4.39 Å². The topological polar surface area (TPSA) is 50.2 Å². The van der Waals surface area contributed by atoms with Gasteiger partial charge in [0.1, 0.15) is 11.9 Å². The van der Waals surface area contributed by atoms with Crippen LogP contribution in [0.25, 0.3) is 0 Å². The van der Waals surface area contributed by atoms with Gasteiger partial charge in [-0.25, -0.2) is 4.39 Å². The molecule has 6 heteroatoms. The van der Waals surface area contributed by atoms with E-state index in [1.165, 1.54) is 12.1 Å². The van der Waals surface area contributed by atoms with E-state index in [-0.39, 0.29) is 11.7 Å². The predicted octanol–water partition coefficient (Wildman–Crippen LogP) is 1.79. The molecule has 0 saturated carbocycles. The van der Waals surface area contributed by atoms with Crippen LogP contribution in [0.2, 0.25) is 0 Å². The summed E-state index contributed by atoms with van der Waals surface area (Å²) in [7, 11) is 5.43. The first-order valence-electron chi connectivity index (χ1n) is 7.07. The molecule has 0 spiro atoms. The van der Waals surface area contributed by atoms with Crippen LogP contribution in [0, 0.1) is 12.7 Å². The SMILES string of the molecule is Cc1cc(CNC(=O)C(c2cccc(F)c2)N(C)C)n(C)n1. The van der Waals surface area contributed by atoms with Gasteiger partial charge in [-0.1, -0.05) is 12.1 Å². The van der Waals surface area contributed by atoms with Crippen LogP contribution < -0.4 is 5.32 Å². The van der Waals surface area contributed by atoms with Gasteiger partial charge in [0.15, 0.2) is 0 Å². The van der Waals surface area contributed by atoms with Crippen LogP contribution in [-0.4, -0.2) is 34.7 Å². The Morgan fingerprint density at radius 2 is 2.14 bits per heavy atom. The minimum absolute atomic E-state index is 0.172. The molecule has 0 radical (unpaired) electrons. The molecule has 0 aliphatic carbocycles. The molecular weight excluding hydrogens is 283 g/mol. The zero-order valence-corrected chi connectivity index (χ0v) is 13.3. The van der Waals surface area contributed by atoms with E-state index in [0.717, 1.165) is 11.4 Å². The zero-order chi connectivity index (χ0) is 16.3. The summed E-state index contributed by atoms with van der Waals surface area (Å²) in [6.45, 7) is 2.29. The van der Waals surface area contributed by atoms with Crippen molar-refractivity contribution in [3.05, 3.63) is 53.1 Å². The molecule has 1 aromatic heterocycles. The molecule has 1 atom stereocenters. The number of aryl methyl sites for hydroxylation is 2. The number of carbonyl (C=O) groups excluding carboxylic acids is 1. The van der Waals surface area contributed by atoms with Crippen LogP contribution in [0.1, 0.15) is 23.0 Å². The number of nitrogens with zero attached hydrogens (tertiary/aromatic N) is 3. The van der Waals surface area contributed by atoms with Gasteiger partial charge in [0.05, 0.1) is 17.9 Å². The van der Waals surface area contributed by atoms with E-state index < -0.39 is 6.04 Å². The van der Waals surface area contributed by atoms with Crippen LogP contribution in [0.3, 0.4) is 0 Å². The Bertz CT molecular complexity index is 666. The Hall–Kier alpha value is -2.21. The quantitative estimate of drug-likeness (QED) is 0.916. The molecule has 118 valence electrons. The molecular formula is C16H21FN4O. The van der Waals surface area contributed by atoms with Crippen molar-refractivity contribution < 1.29 is 9.18 Å². The second-order valence-corrected chi connectivity index (χ2v) is 5.54. The van der Waals surface area contributed by atoms with E-state index in [9.17, 15) is 9.18 Å².